The molecule has 1 amide bonds. The molecule has 2 aromatic rings. The van der Waals surface area contributed by atoms with E-state index in [9.17, 15) is 9.90 Å². The summed E-state index contributed by atoms with van der Waals surface area (Å²) < 4.78 is 0. The summed E-state index contributed by atoms with van der Waals surface area (Å²) in [6, 6.07) is 12.8. The van der Waals surface area contributed by atoms with E-state index in [-0.39, 0.29) is 17.1 Å². The number of hydrogen-bond acceptors (Lipinski definition) is 4. The highest BCUT2D eigenvalue weighted by atomic mass is 16.4. The number of carbonyl (C=O) groups is 1. The quantitative estimate of drug-likeness (QED) is 0.295. The van der Waals surface area contributed by atoms with Crippen LogP contribution in [0.15, 0.2) is 53.7 Å². The number of benzene rings is 2. The standard InChI is InChI=1S/C14H13N3O3/c15-13(17-20)9-4-3-5-10(8-9)16-14(19)11-6-1-2-7-12(11)18/h1-8,18,20H,(H2,15,17)(H,16,19). The summed E-state index contributed by atoms with van der Waals surface area (Å²) in [5.41, 5.74) is 6.59. The van der Waals surface area contributed by atoms with Gasteiger partial charge in [0.2, 0.25) is 0 Å². The first-order valence-corrected chi connectivity index (χ1v) is 5.79. The molecule has 0 aliphatic rings. The summed E-state index contributed by atoms with van der Waals surface area (Å²) in [5.74, 6) is -0.596. The average molecular weight is 271 g/mol. The first-order chi connectivity index (χ1) is 9.61. The number of phenolic OH excluding ortho intramolecular Hbond substituents is 1. The zero-order valence-electron chi connectivity index (χ0n) is 10.4. The van der Waals surface area contributed by atoms with Gasteiger partial charge in [-0.05, 0) is 24.3 Å². The zero-order chi connectivity index (χ0) is 14.5. The molecule has 0 fully saturated rings. The number of aromatic hydroxyl groups is 1. The van der Waals surface area contributed by atoms with Crippen LogP contribution >= 0.6 is 0 Å². The van der Waals surface area contributed by atoms with E-state index in [4.69, 9.17) is 10.9 Å². The summed E-state index contributed by atoms with van der Waals surface area (Å²) in [4.78, 5) is 12.0. The van der Waals surface area contributed by atoms with Crippen molar-refractivity contribution in [2.75, 3.05) is 5.32 Å². The summed E-state index contributed by atoms with van der Waals surface area (Å²) >= 11 is 0. The molecule has 5 N–H and O–H groups in total. The van der Waals surface area contributed by atoms with E-state index >= 15 is 0 Å². The maximum absolute atomic E-state index is 12.0. The van der Waals surface area contributed by atoms with Gasteiger partial charge in [0.15, 0.2) is 5.84 Å². The van der Waals surface area contributed by atoms with Crippen LogP contribution in [0.4, 0.5) is 5.69 Å². The fourth-order valence-corrected chi connectivity index (χ4v) is 1.68. The number of nitrogens with zero attached hydrogens (tertiary/aromatic N) is 1. The highest BCUT2D eigenvalue weighted by Gasteiger charge is 2.10. The molecule has 0 unspecified atom stereocenters. The van der Waals surface area contributed by atoms with Crippen LogP contribution in [0.5, 0.6) is 5.75 Å². The first kappa shape index (κ1) is 13.4. The second-order valence-electron chi connectivity index (χ2n) is 4.04. The van der Waals surface area contributed by atoms with Gasteiger partial charge in [0, 0.05) is 11.3 Å². The van der Waals surface area contributed by atoms with Crippen LogP contribution in [-0.4, -0.2) is 22.1 Å². The molecular formula is C14H13N3O3. The Balaban J connectivity index is 2.23. The largest absolute Gasteiger partial charge is 0.507 e. The van der Waals surface area contributed by atoms with Gasteiger partial charge < -0.3 is 21.4 Å². The van der Waals surface area contributed by atoms with Gasteiger partial charge in [-0.25, -0.2) is 0 Å². The van der Waals surface area contributed by atoms with Crippen LogP contribution in [0.2, 0.25) is 0 Å². The van der Waals surface area contributed by atoms with Gasteiger partial charge in [0.05, 0.1) is 5.56 Å². The summed E-state index contributed by atoms with van der Waals surface area (Å²) in [7, 11) is 0. The van der Waals surface area contributed by atoms with Crippen LogP contribution < -0.4 is 11.1 Å². The SMILES string of the molecule is N/C(=N/O)c1cccc(NC(=O)c2ccccc2O)c1. The molecule has 6 nitrogen and oxygen atoms in total. The number of para-hydroxylation sites is 1. The van der Waals surface area contributed by atoms with Crippen molar-refractivity contribution >= 4 is 17.4 Å². The smallest absolute Gasteiger partial charge is 0.259 e. The second-order valence-corrected chi connectivity index (χ2v) is 4.04. The van der Waals surface area contributed by atoms with Crippen molar-refractivity contribution in [2.24, 2.45) is 10.9 Å². The predicted molar refractivity (Wildman–Crippen MR) is 75.0 cm³/mol. The summed E-state index contributed by atoms with van der Waals surface area (Å²) in [6.45, 7) is 0. The molecule has 0 saturated heterocycles. The molecule has 0 bridgehead atoms. The summed E-state index contributed by atoms with van der Waals surface area (Å²) in [6.07, 6.45) is 0. The van der Waals surface area contributed by atoms with E-state index in [1.54, 1.807) is 36.4 Å². The number of nitrogens with one attached hydrogen (secondary N) is 1. The molecule has 0 heterocycles. The van der Waals surface area contributed by atoms with Gasteiger partial charge in [-0.2, -0.15) is 0 Å². The van der Waals surface area contributed by atoms with E-state index in [0.717, 1.165) is 0 Å². The number of anilines is 1. The van der Waals surface area contributed by atoms with Gasteiger partial charge in [-0.3, -0.25) is 4.79 Å². The van der Waals surface area contributed by atoms with Crippen molar-refractivity contribution in [1.82, 2.24) is 0 Å². The van der Waals surface area contributed by atoms with Gasteiger partial charge in [0.1, 0.15) is 5.75 Å². The topological polar surface area (TPSA) is 108 Å². The molecule has 0 saturated carbocycles. The second kappa shape index (κ2) is 5.75. The van der Waals surface area contributed by atoms with Gasteiger partial charge >= 0.3 is 0 Å². The van der Waals surface area contributed by atoms with E-state index in [0.29, 0.717) is 11.3 Å². The van der Waals surface area contributed by atoms with Crippen molar-refractivity contribution in [1.29, 1.82) is 0 Å². The van der Waals surface area contributed by atoms with E-state index in [2.05, 4.69) is 10.5 Å². The molecular weight excluding hydrogens is 258 g/mol. The van der Waals surface area contributed by atoms with Gasteiger partial charge in [-0.15, -0.1) is 0 Å². The van der Waals surface area contributed by atoms with Crippen LogP contribution in [-0.2, 0) is 0 Å². The highest BCUT2D eigenvalue weighted by Crippen LogP contribution is 2.18. The maximum atomic E-state index is 12.0. The van der Waals surface area contributed by atoms with E-state index < -0.39 is 5.91 Å². The van der Waals surface area contributed by atoms with E-state index in [1.807, 2.05) is 0 Å². The number of oxime groups is 1. The van der Waals surface area contributed by atoms with Gasteiger partial charge in [0.25, 0.3) is 5.91 Å². The number of rotatable bonds is 3. The minimum Gasteiger partial charge on any atom is -0.507 e. The zero-order valence-corrected chi connectivity index (χ0v) is 10.4. The number of amides is 1. The number of hydrogen-bond donors (Lipinski definition) is 4. The molecule has 0 aliphatic heterocycles. The molecule has 0 atom stereocenters. The van der Waals surface area contributed by atoms with Crippen LogP contribution in [0.1, 0.15) is 15.9 Å². The predicted octanol–water partition coefficient (Wildman–Crippen LogP) is 1.74. The summed E-state index contributed by atoms with van der Waals surface area (Å²) in [5, 5.41) is 23.7. The Labute approximate surface area is 115 Å². The maximum Gasteiger partial charge on any atom is 0.259 e. The molecule has 102 valence electrons. The molecule has 0 aliphatic carbocycles. The molecule has 6 heteroatoms. The molecule has 0 radical (unpaired) electrons. The number of amidine groups is 1. The van der Waals surface area contributed by atoms with Crippen molar-refractivity contribution in [3.05, 3.63) is 59.7 Å². The lowest BCUT2D eigenvalue weighted by Gasteiger charge is -2.08. The van der Waals surface area contributed by atoms with Crippen molar-refractivity contribution in [3.8, 4) is 5.75 Å². The molecule has 2 aromatic carbocycles. The van der Waals surface area contributed by atoms with Crippen molar-refractivity contribution < 1.29 is 15.1 Å². The van der Waals surface area contributed by atoms with Crippen LogP contribution in [0, 0.1) is 0 Å². The molecule has 0 aromatic heterocycles. The molecule has 2 rings (SSSR count). The Kier molecular flexibility index (Phi) is 3.85. The number of nitrogens with two attached hydrogens (primary N) is 1. The first-order valence-electron chi connectivity index (χ1n) is 5.79. The lowest BCUT2D eigenvalue weighted by molar-refractivity contribution is 0.102. The monoisotopic (exact) mass is 271 g/mol. The Bertz CT molecular complexity index is 668. The minimum atomic E-state index is -0.445. The molecule has 0 spiro atoms. The fourth-order valence-electron chi connectivity index (χ4n) is 1.68. The average Bonchev–Trinajstić information content (AvgIpc) is 2.47. The minimum absolute atomic E-state index is 0.0522. The lowest BCUT2D eigenvalue weighted by atomic mass is 10.1. The normalized spacial score (nSPS) is 11.1. The van der Waals surface area contributed by atoms with Crippen molar-refractivity contribution in [3.63, 3.8) is 0 Å². The fraction of sp³-hybridized carbons (Fsp3) is 0. The van der Waals surface area contributed by atoms with Crippen molar-refractivity contribution in [2.45, 2.75) is 0 Å². The number of phenols is 1. The Morgan fingerprint density at radius 2 is 1.90 bits per heavy atom. The van der Waals surface area contributed by atoms with E-state index in [1.165, 1.54) is 12.1 Å². The third-order valence-corrected chi connectivity index (χ3v) is 2.67. The van der Waals surface area contributed by atoms with Gasteiger partial charge in [-0.1, -0.05) is 29.4 Å². The Hall–Kier alpha value is -3.02. The van der Waals surface area contributed by atoms with Crippen LogP contribution in [0.25, 0.3) is 0 Å². The highest BCUT2D eigenvalue weighted by molar-refractivity contribution is 6.07. The third-order valence-electron chi connectivity index (χ3n) is 2.67. The Morgan fingerprint density at radius 3 is 2.60 bits per heavy atom. The molecule has 20 heavy (non-hydrogen) atoms. The Morgan fingerprint density at radius 1 is 1.15 bits per heavy atom. The lowest BCUT2D eigenvalue weighted by Crippen LogP contribution is -2.15. The van der Waals surface area contributed by atoms with Crippen LogP contribution in [0.3, 0.4) is 0 Å². The number of carbonyl (C=O) groups excluding carboxylic acids is 1. The third kappa shape index (κ3) is 2.86.